The molecule has 0 aliphatic heterocycles. The Bertz CT molecular complexity index is 1710. The average molecular weight is 1220 g/mol. The van der Waals surface area contributed by atoms with Gasteiger partial charge in [-0.15, -0.1) is 0 Å². The molecule has 0 aliphatic carbocycles. The molecular weight excluding hydrogens is 1200 g/mol. The minimum Gasteiger partial charge on any atom is -1.00 e. The van der Waals surface area contributed by atoms with Gasteiger partial charge in [-0.3, -0.25) is 109 Å². The van der Waals surface area contributed by atoms with Crippen LogP contribution in [0, 0.1) is 0 Å². The molecule has 0 aromatic rings. The molecule has 24 N–H and O–H groups in total. The fraction of sp³-hybridized carbons (Fsp3) is 0. The third kappa shape index (κ3) is 1100000. The predicted octanol–water partition coefficient (Wildman–Crippen LogP) is -13.6. The van der Waals surface area contributed by atoms with Gasteiger partial charge >= 0.3 is 184 Å². The van der Waals surface area contributed by atoms with Gasteiger partial charge in [0.05, 0.1) is 0 Å². The fourth-order valence-electron chi connectivity index (χ4n) is 0. The summed E-state index contributed by atoms with van der Waals surface area (Å²) in [5.74, 6) is 0. The Morgan fingerprint density at radius 2 is 0.129 bits per heavy atom. The normalized spacial score (nSPS) is 11.2. The van der Waals surface area contributed by atoms with Crippen molar-refractivity contribution in [2.75, 3.05) is 0 Å². The summed E-state index contributed by atoms with van der Waals surface area (Å²) in [6.07, 6.45) is 0. The molecule has 48 nitrogen and oxygen atoms in total. The van der Waals surface area contributed by atoms with Gasteiger partial charge in [-0.2, -0.15) is 101 Å². The second-order valence-corrected chi connectivity index (χ2v) is 16.1. The van der Waals surface area contributed by atoms with Gasteiger partial charge in [0.15, 0.2) is 0 Å². The maximum absolute atomic E-state index is 8.74. The Morgan fingerprint density at radius 3 is 0.129 bits per heavy atom. The van der Waals surface area contributed by atoms with Gasteiger partial charge in [0.1, 0.15) is 0 Å². The van der Waals surface area contributed by atoms with Crippen molar-refractivity contribution in [1.82, 2.24) is 0 Å². The standard InChI is InChI=1S/2Na.12H2O4S.2H/c;;12*1-5(2,3)4;;/h;;12*(H2,1,2,3,4);;/q2*+1;;;;;;;;;;;;;2*-1. The van der Waals surface area contributed by atoms with E-state index in [0.717, 1.165) is 0 Å². The Hall–Kier alpha value is 0.440. The van der Waals surface area contributed by atoms with Crippen molar-refractivity contribution < 1.29 is 272 Å². The first-order valence-corrected chi connectivity index (χ1v) is 25.1. The SMILES string of the molecule is O=S(=O)(O)O.O=S(=O)(O)O.O=S(=O)(O)O.O=S(=O)(O)O.O=S(=O)(O)O.O=S(=O)(O)O.O=S(=O)(O)O.O=S(=O)(O)O.O=S(=O)(O)O.O=S(=O)(O)O.O=S(=O)(O)O.O=S(=O)(O)O.[H-].[H-].[Na+].[Na+]. The average Bonchev–Trinajstić information content (AvgIpc) is 2.48. The molecule has 0 aromatic carbocycles. The summed E-state index contributed by atoms with van der Waals surface area (Å²) in [6, 6.07) is 0. The first kappa shape index (κ1) is 100. The summed E-state index contributed by atoms with van der Waals surface area (Å²) in [4.78, 5) is 0. The zero-order valence-corrected chi connectivity index (χ0v) is 41.2. The first-order chi connectivity index (χ1) is 24.0. The number of hydrogen-bond acceptors (Lipinski definition) is 24. The summed E-state index contributed by atoms with van der Waals surface area (Å²) >= 11 is 0. The van der Waals surface area contributed by atoms with E-state index in [-0.39, 0.29) is 62.0 Å². The molecule has 0 spiro atoms. The van der Waals surface area contributed by atoms with Gasteiger partial charge in [0, 0.05) is 0 Å². The molecule has 62 heavy (non-hydrogen) atoms. The van der Waals surface area contributed by atoms with Crippen molar-refractivity contribution in [3.8, 4) is 0 Å². The summed E-state index contributed by atoms with van der Waals surface area (Å²) in [7, 11) is -56.0. The van der Waals surface area contributed by atoms with E-state index in [1.165, 1.54) is 0 Å². The van der Waals surface area contributed by atoms with E-state index in [0.29, 0.717) is 0 Å². The van der Waals surface area contributed by atoms with E-state index < -0.39 is 125 Å². The topological polar surface area (TPSA) is 895 Å². The molecule has 0 atom stereocenters. The van der Waals surface area contributed by atoms with Crippen LogP contribution in [0.2, 0.25) is 0 Å². The molecular formula is H26Na2O48S12. The van der Waals surface area contributed by atoms with E-state index in [9.17, 15) is 0 Å². The number of hydrogen-bond donors (Lipinski definition) is 24. The summed E-state index contributed by atoms with van der Waals surface area (Å²) in [6.45, 7) is 0. The van der Waals surface area contributed by atoms with Crippen LogP contribution in [0.5, 0.6) is 0 Å². The van der Waals surface area contributed by atoms with Crippen LogP contribution in [0.3, 0.4) is 0 Å². The Labute approximate surface area is 393 Å². The molecule has 0 unspecified atom stereocenters. The monoisotopic (exact) mass is 1220 g/mol. The van der Waals surface area contributed by atoms with Crippen LogP contribution in [0.1, 0.15) is 2.85 Å². The smallest absolute Gasteiger partial charge is 1.00 e. The third-order valence-corrected chi connectivity index (χ3v) is 0. The van der Waals surface area contributed by atoms with E-state index in [2.05, 4.69) is 0 Å². The quantitative estimate of drug-likeness (QED) is 0.0791. The van der Waals surface area contributed by atoms with E-state index in [1.807, 2.05) is 0 Å². The Balaban J connectivity index is -0.0000000279. The first-order valence-electron chi connectivity index (χ1n) is 8.38. The van der Waals surface area contributed by atoms with Gasteiger partial charge in [-0.05, 0) is 0 Å². The van der Waals surface area contributed by atoms with Crippen LogP contribution < -0.4 is 59.1 Å². The van der Waals surface area contributed by atoms with Gasteiger partial charge in [0.2, 0.25) is 0 Å². The van der Waals surface area contributed by atoms with Crippen molar-refractivity contribution >= 4 is 125 Å². The molecule has 0 saturated heterocycles. The van der Waals surface area contributed by atoms with E-state index >= 15 is 0 Å². The second-order valence-electron chi connectivity index (χ2n) is 5.37. The summed E-state index contributed by atoms with van der Waals surface area (Å²) in [5, 5.41) is 0. The fourth-order valence-corrected chi connectivity index (χ4v) is 0. The Morgan fingerprint density at radius 1 is 0.129 bits per heavy atom. The molecule has 0 rings (SSSR count). The van der Waals surface area contributed by atoms with Crippen LogP contribution in [-0.4, -0.2) is 210 Å². The van der Waals surface area contributed by atoms with Gasteiger partial charge in [-0.1, -0.05) is 0 Å². The molecule has 62 heteroatoms. The zero-order valence-electron chi connectivity index (χ0n) is 29.4. The van der Waals surface area contributed by atoms with Gasteiger partial charge in [-0.25, -0.2) is 0 Å². The number of rotatable bonds is 0. The second kappa shape index (κ2) is 42.8. The van der Waals surface area contributed by atoms with Crippen molar-refractivity contribution in [3.05, 3.63) is 0 Å². The minimum absolute atomic E-state index is 0. The van der Waals surface area contributed by atoms with Gasteiger partial charge in [0.25, 0.3) is 0 Å². The molecule has 0 aliphatic rings. The van der Waals surface area contributed by atoms with Crippen molar-refractivity contribution in [3.63, 3.8) is 0 Å². The van der Waals surface area contributed by atoms with E-state index in [4.69, 9.17) is 210 Å². The molecule has 0 fully saturated rings. The summed E-state index contributed by atoms with van der Waals surface area (Å²) < 4.78 is 379. The largest absolute Gasteiger partial charge is 1.00 e. The molecule has 0 radical (unpaired) electrons. The van der Waals surface area contributed by atoms with Crippen LogP contribution in [0.4, 0.5) is 0 Å². The van der Waals surface area contributed by atoms with Crippen LogP contribution >= 0.6 is 0 Å². The molecule has 0 aromatic heterocycles. The molecule has 0 saturated carbocycles. The molecule has 0 amide bonds. The van der Waals surface area contributed by atoms with Crippen molar-refractivity contribution in [2.45, 2.75) is 0 Å². The maximum Gasteiger partial charge on any atom is 1.00 e. The molecule has 388 valence electrons. The Kier molecular flexibility index (Phi) is 69.3. The molecule has 0 bridgehead atoms. The van der Waals surface area contributed by atoms with Gasteiger partial charge < -0.3 is 2.85 Å². The van der Waals surface area contributed by atoms with Crippen LogP contribution in [0.15, 0.2) is 0 Å². The molecule has 0 heterocycles. The summed E-state index contributed by atoms with van der Waals surface area (Å²) in [5.41, 5.74) is 0. The zero-order chi connectivity index (χ0) is 54.0. The van der Waals surface area contributed by atoms with E-state index in [1.54, 1.807) is 0 Å². The maximum atomic E-state index is 8.74. The van der Waals surface area contributed by atoms with Crippen molar-refractivity contribution in [2.24, 2.45) is 0 Å². The van der Waals surface area contributed by atoms with Crippen LogP contribution in [0.25, 0.3) is 0 Å². The predicted molar refractivity (Wildman–Crippen MR) is 172 cm³/mol. The third-order valence-electron chi connectivity index (χ3n) is 0. The minimum atomic E-state index is -4.67. The van der Waals surface area contributed by atoms with Crippen molar-refractivity contribution in [1.29, 1.82) is 0 Å². The van der Waals surface area contributed by atoms with Crippen LogP contribution in [-0.2, 0) is 125 Å².